The SMILES string of the molecule is O=C(NCCCCn1cc(Br)ccc1=O)c1ccc(F)cc1. The molecule has 22 heavy (non-hydrogen) atoms. The fourth-order valence-corrected chi connectivity index (χ4v) is 2.37. The van der Waals surface area contributed by atoms with E-state index in [0.29, 0.717) is 18.7 Å². The minimum Gasteiger partial charge on any atom is -0.352 e. The van der Waals surface area contributed by atoms with Crippen molar-refractivity contribution in [2.45, 2.75) is 19.4 Å². The molecule has 1 aromatic heterocycles. The quantitative estimate of drug-likeness (QED) is 0.799. The highest BCUT2D eigenvalue weighted by atomic mass is 79.9. The van der Waals surface area contributed by atoms with Gasteiger partial charge in [-0.1, -0.05) is 0 Å². The molecule has 0 saturated heterocycles. The minimum atomic E-state index is -0.365. The van der Waals surface area contributed by atoms with Gasteiger partial charge in [-0.2, -0.15) is 0 Å². The Bertz CT molecular complexity index is 698. The molecule has 1 amide bonds. The van der Waals surface area contributed by atoms with Gasteiger partial charge in [-0.25, -0.2) is 4.39 Å². The van der Waals surface area contributed by atoms with Gasteiger partial charge in [-0.05, 0) is 59.1 Å². The van der Waals surface area contributed by atoms with Crippen molar-refractivity contribution >= 4 is 21.8 Å². The fourth-order valence-electron chi connectivity index (χ4n) is 1.99. The van der Waals surface area contributed by atoms with Crippen molar-refractivity contribution in [3.63, 3.8) is 0 Å². The highest BCUT2D eigenvalue weighted by Gasteiger charge is 2.04. The van der Waals surface area contributed by atoms with Crippen LogP contribution in [0.4, 0.5) is 4.39 Å². The van der Waals surface area contributed by atoms with Crippen molar-refractivity contribution in [1.82, 2.24) is 9.88 Å². The summed E-state index contributed by atoms with van der Waals surface area (Å²) in [5.74, 6) is -0.587. The van der Waals surface area contributed by atoms with Gasteiger partial charge < -0.3 is 9.88 Å². The zero-order valence-electron chi connectivity index (χ0n) is 11.9. The largest absolute Gasteiger partial charge is 0.352 e. The first-order valence-electron chi connectivity index (χ1n) is 6.96. The molecule has 1 aromatic carbocycles. The molecule has 0 aliphatic heterocycles. The number of halogens is 2. The number of nitrogens with one attached hydrogen (secondary N) is 1. The van der Waals surface area contributed by atoms with Gasteiger partial charge in [0.25, 0.3) is 11.5 Å². The van der Waals surface area contributed by atoms with Crippen molar-refractivity contribution in [2.75, 3.05) is 6.54 Å². The Morgan fingerprint density at radius 1 is 1.14 bits per heavy atom. The number of rotatable bonds is 6. The molecule has 0 fully saturated rings. The Morgan fingerprint density at radius 3 is 2.59 bits per heavy atom. The Labute approximate surface area is 136 Å². The maximum atomic E-state index is 12.8. The normalized spacial score (nSPS) is 10.5. The second-order valence-electron chi connectivity index (χ2n) is 4.85. The van der Waals surface area contributed by atoms with E-state index < -0.39 is 0 Å². The van der Waals surface area contributed by atoms with E-state index in [0.717, 1.165) is 17.3 Å². The molecular formula is C16H16BrFN2O2. The van der Waals surface area contributed by atoms with Crippen LogP contribution in [-0.4, -0.2) is 17.0 Å². The molecule has 0 aliphatic carbocycles. The van der Waals surface area contributed by atoms with E-state index in [1.54, 1.807) is 16.8 Å². The smallest absolute Gasteiger partial charge is 0.251 e. The molecule has 1 heterocycles. The average Bonchev–Trinajstić information content (AvgIpc) is 2.50. The molecule has 0 spiro atoms. The lowest BCUT2D eigenvalue weighted by atomic mass is 10.2. The molecule has 4 nitrogen and oxygen atoms in total. The van der Waals surface area contributed by atoms with Gasteiger partial charge in [0.1, 0.15) is 5.82 Å². The van der Waals surface area contributed by atoms with Gasteiger partial charge in [0.05, 0.1) is 0 Å². The summed E-state index contributed by atoms with van der Waals surface area (Å²) in [7, 11) is 0. The molecule has 0 aliphatic rings. The summed E-state index contributed by atoms with van der Waals surface area (Å²) in [5, 5.41) is 2.77. The molecule has 2 aromatic rings. The van der Waals surface area contributed by atoms with E-state index in [4.69, 9.17) is 0 Å². The number of amides is 1. The highest BCUT2D eigenvalue weighted by molar-refractivity contribution is 9.10. The van der Waals surface area contributed by atoms with Gasteiger partial charge in [-0.3, -0.25) is 9.59 Å². The van der Waals surface area contributed by atoms with E-state index in [9.17, 15) is 14.0 Å². The third kappa shape index (κ3) is 4.80. The summed E-state index contributed by atoms with van der Waals surface area (Å²) in [4.78, 5) is 23.4. The average molecular weight is 367 g/mol. The Hall–Kier alpha value is -1.95. The maximum Gasteiger partial charge on any atom is 0.251 e. The topological polar surface area (TPSA) is 51.1 Å². The van der Waals surface area contributed by atoms with E-state index >= 15 is 0 Å². The van der Waals surface area contributed by atoms with Crippen LogP contribution in [-0.2, 0) is 6.54 Å². The number of carbonyl (C=O) groups is 1. The van der Waals surface area contributed by atoms with Crippen molar-refractivity contribution < 1.29 is 9.18 Å². The zero-order chi connectivity index (χ0) is 15.9. The van der Waals surface area contributed by atoms with E-state index in [2.05, 4.69) is 21.2 Å². The number of unbranched alkanes of at least 4 members (excludes halogenated alkanes) is 1. The number of benzene rings is 1. The van der Waals surface area contributed by atoms with Crippen LogP contribution in [0.5, 0.6) is 0 Å². The summed E-state index contributed by atoms with van der Waals surface area (Å²) in [6.45, 7) is 1.11. The van der Waals surface area contributed by atoms with Crippen molar-refractivity contribution in [2.24, 2.45) is 0 Å². The van der Waals surface area contributed by atoms with Crippen LogP contribution in [0.25, 0.3) is 0 Å². The molecule has 1 N–H and O–H groups in total. The molecule has 0 atom stereocenters. The van der Waals surface area contributed by atoms with Crippen molar-refractivity contribution in [3.05, 3.63) is 68.8 Å². The van der Waals surface area contributed by atoms with Crippen LogP contribution < -0.4 is 10.9 Å². The van der Waals surface area contributed by atoms with Crippen molar-refractivity contribution in [3.8, 4) is 0 Å². The summed E-state index contributed by atoms with van der Waals surface area (Å²) in [6.07, 6.45) is 3.28. The summed E-state index contributed by atoms with van der Waals surface area (Å²) in [6, 6.07) is 8.64. The third-order valence-corrected chi connectivity index (χ3v) is 3.63. The van der Waals surface area contributed by atoms with Gasteiger partial charge >= 0.3 is 0 Å². The van der Waals surface area contributed by atoms with E-state index in [-0.39, 0.29) is 17.3 Å². The summed E-state index contributed by atoms with van der Waals surface area (Å²) >= 11 is 3.33. The number of aryl methyl sites for hydroxylation is 1. The molecule has 0 saturated carbocycles. The lowest BCUT2D eigenvalue weighted by Gasteiger charge is -2.07. The molecular weight excluding hydrogens is 351 g/mol. The zero-order valence-corrected chi connectivity index (χ0v) is 13.5. The number of carbonyl (C=O) groups excluding carboxylic acids is 1. The second kappa shape index (κ2) is 7.89. The predicted octanol–water partition coefficient (Wildman–Crippen LogP) is 2.96. The molecule has 0 unspecified atom stereocenters. The van der Waals surface area contributed by atoms with Crippen molar-refractivity contribution in [1.29, 1.82) is 0 Å². The molecule has 116 valence electrons. The first kappa shape index (κ1) is 16.4. The van der Waals surface area contributed by atoms with Crippen LogP contribution in [0.3, 0.4) is 0 Å². The van der Waals surface area contributed by atoms with Gasteiger partial charge in [0, 0.05) is 35.4 Å². The van der Waals surface area contributed by atoms with Crippen LogP contribution >= 0.6 is 15.9 Å². The lowest BCUT2D eigenvalue weighted by molar-refractivity contribution is 0.0953. The van der Waals surface area contributed by atoms with E-state index in [1.165, 1.54) is 30.3 Å². The number of nitrogens with zero attached hydrogens (tertiary/aromatic N) is 1. The highest BCUT2D eigenvalue weighted by Crippen LogP contribution is 2.06. The van der Waals surface area contributed by atoms with Gasteiger partial charge in [-0.15, -0.1) is 0 Å². The van der Waals surface area contributed by atoms with E-state index in [1.807, 2.05) is 0 Å². The predicted molar refractivity (Wildman–Crippen MR) is 86.4 cm³/mol. The standard InChI is InChI=1S/C16H16BrFN2O2/c17-13-5-8-15(21)20(11-13)10-2-1-9-19-16(22)12-3-6-14(18)7-4-12/h3-8,11H,1-2,9-10H2,(H,19,22). The first-order chi connectivity index (χ1) is 10.6. The number of hydrogen-bond donors (Lipinski definition) is 1. The molecule has 0 bridgehead atoms. The first-order valence-corrected chi connectivity index (χ1v) is 7.75. The summed E-state index contributed by atoms with van der Waals surface area (Å²) < 4.78 is 15.3. The van der Waals surface area contributed by atoms with Gasteiger partial charge in [0.15, 0.2) is 0 Å². The van der Waals surface area contributed by atoms with Crippen LogP contribution in [0.1, 0.15) is 23.2 Å². The molecule has 6 heteroatoms. The lowest BCUT2D eigenvalue weighted by Crippen LogP contribution is -2.25. The van der Waals surface area contributed by atoms with Crippen LogP contribution in [0.2, 0.25) is 0 Å². The number of pyridine rings is 1. The van der Waals surface area contributed by atoms with Gasteiger partial charge in [0.2, 0.25) is 0 Å². The fraction of sp³-hybridized carbons (Fsp3) is 0.250. The molecule has 0 radical (unpaired) electrons. The monoisotopic (exact) mass is 366 g/mol. The Kier molecular flexibility index (Phi) is 5.89. The van der Waals surface area contributed by atoms with Crippen LogP contribution in [0.15, 0.2) is 51.9 Å². The number of hydrogen-bond acceptors (Lipinski definition) is 2. The maximum absolute atomic E-state index is 12.8. The Balaban J connectivity index is 1.73. The second-order valence-corrected chi connectivity index (χ2v) is 5.76. The van der Waals surface area contributed by atoms with Crippen LogP contribution in [0, 0.1) is 5.82 Å². The number of aromatic nitrogens is 1. The third-order valence-electron chi connectivity index (χ3n) is 3.17. The summed E-state index contributed by atoms with van der Waals surface area (Å²) in [5.41, 5.74) is 0.392. The minimum absolute atomic E-state index is 0.0430. The Morgan fingerprint density at radius 2 is 1.86 bits per heavy atom. The molecule has 2 rings (SSSR count).